The van der Waals surface area contributed by atoms with Crippen molar-refractivity contribution in [2.24, 2.45) is 5.73 Å². The maximum absolute atomic E-state index is 13.2. The van der Waals surface area contributed by atoms with Gasteiger partial charge in [0, 0.05) is 18.3 Å². The van der Waals surface area contributed by atoms with Gasteiger partial charge in [0.05, 0.1) is 4.47 Å². The van der Waals surface area contributed by atoms with E-state index >= 15 is 0 Å². The minimum Gasteiger partial charge on any atom is -0.381 e. The van der Waals surface area contributed by atoms with Gasteiger partial charge in [0.1, 0.15) is 5.82 Å². The van der Waals surface area contributed by atoms with Gasteiger partial charge in [-0.3, -0.25) is 0 Å². The topological polar surface area (TPSA) is 38.0 Å². The normalized spacial score (nSPS) is 12.6. The third-order valence-corrected chi connectivity index (χ3v) is 2.63. The van der Waals surface area contributed by atoms with E-state index in [0.717, 1.165) is 11.3 Å². The molecule has 78 valence electrons. The molecule has 14 heavy (non-hydrogen) atoms. The van der Waals surface area contributed by atoms with Crippen molar-refractivity contribution in [3.63, 3.8) is 0 Å². The van der Waals surface area contributed by atoms with Crippen LogP contribution >= 0.6 is 15.9 Å². The average molecular weight is 261 g/mol. The molecule has 0 aliphatic heterocycles. The van der Waals surface area contributed by atoms with Crippen LogP contribution in [-0.4, -0.2) is 12.6 Å². The highest BCUT2D eigenvalue weighted by atomic mass is 79.9. The summed E-state index contributed by atoms with van der Waals surface area (Å²) in [6.45, 7) is 4.41. The summed E-state index contributed by atoms with van der Waals surface area (Å²) in [6, 6.07) is 3.38. The molecule has 0 aliphatic rings. The van der Waals surface area contributed by atoms with Gasteiger partial charge in [-0.2, -0.15) is 0 Å². The fourth-order valence-corrected chi connectivity index (χ4v) is 1.58. The van der Waals surface area contributed by atoms with Gasteiger partial charge in [0.15, 0.2) is 0 Å². The second-order valence-electron chi connectivity index (χ2n) is 3.36. The number of rotatable bonds is 3. The van der Waals surface area contributed by atoms with Crippen molar-refractivity contribution in [3.8, 4) is 0 Å². The van der Waals surface area contributed by atoms with Crippen LogP contribution in [0.5, 0.6) is 0 Å². The Morgan fingerprint density at radius 2 is 2.21 bits per heavy atom. The lowest BCUT2D eigenvalue weighted by Gasteiger charge is -2.15. The first-order valence-corrected chi connectivity index (χ1v) is 5.26. The molecule has 1 atom stereocenters. The van der Waals surface area contributed by atoms with Gasteiger partial charge >= 0.3 is 0 Å². The molecule has 0 heterocycles. The number of nitrogens with one attached hydrogen (secondary N) is 1. The molecule has 0 bridgehead atoms. The predicted molar refractivity (Wildman–Crippen MR) is 61.0 cm³/mol. The molecule has 0 saturated carbocycles. The van der Waals surface area contributed by atoms with Crippen LogP contribution in [0.3, 0.4) is 0 Å². The zero-order chi connectivity index (χ0) is 10.7. The molecule has 0 aliphatic carbocycles. The van der Waals surface area contributed by atoms with E-state index in [1.54, 1.807) is 6.07 Å². The highest BCUT2D eigenvalue weighted by molar-refractivity contribution is 9.10. The summed E-state index contributed by atoms with van der Waals surface area (Å²) in [5, 5.41) is 3.14. The summed E-state index contributed by atoms with van der Waals surface area (Å²) >= 11 is 3.14. The number of anilines is 1. The van der Waals surface area contributed by atoms with Crippen molar-refractivity contribution in [1.82, 2.24) is 0 Å². The van der Waals surface area contributed by atoms with Gasteiger partial charge in [-0.1, -0.05) is 0 Å². The molecule has 0 saturated heterocycles. The Morgan fingerprint density at radius 3 is 2.79 bits per heavy atom. The van der Waals surface area contributed by atoms with Gasteiger partial charge in [-0.05, 0) is 47.5 Å². The lowest BCUT2D eigenvalue weighted by atomic mass is 10.2. The van der Waals surface area contributed by atoms with Gasteiger partial charge in [0.2, 0.25) is 0 Å². The van der Waals surface area contributed by atoms with E-state index in [1.165, 1.54) is 6.07 Å². The Kier molecular flexibility index (Phi) is 3.89. The monoisotopic (exact) mass is 260 g/mol. The van der Waals surface area contributed by atoms with Crippen LogP contribution < -0.4 is 11.1 Å². The summed E-state index contributed by atoms with van der Waals surface area (Å²) in [5.41, 5.74) is 7.27. The van der Waals surface area contributed by atoms with Gasteiger partial charge in [-0.25, -0.2) is 4.39 Å². The van der Waals surface area contributed by atoms with Gasteiger partial charge < -0.3 is 11.1 Å². The maximum atomic E-state index is 13.2. The van der Waals surface area contributed by atoms with E-state index in [0.29, 0.717) is 11.0 Å². The Morgan fingerprint density at radius 1 is 1.57 bits per heavy atom. The van der Waals surface area contributed by atoms with Crippen LogP contribution in [-0.2, 0) is 0 Å². The van der Waals surface area contributed by atoms with E-state index in [-0.39, 0.29) is 11.9 Å². The van der Waals surface area contributed by atoms with Crippen LogP contribution in [0.1, 0.15) is 12.5 Å². The highest BCUT2D eigenvalue weighted by Crippen LogP contribution is 2.24. The minimum atomic E-state index is -0.262. The van der Waals surface area contributed by atoms with Crippen molar-refractivity contribution >= 4 is 21.6 Å². The molecule has 0 spiro atoms. The van der Waals surface area contributed by atoms with Crippen molar-refractivity contribution in [3.05, 3.63) is 28.0 Å². The number of hydrogen-bond donors (Lipinski definition) is 2. The van der Waals surface area contributed by atoms with E-state index in [9.17, 15) is 4.39 Å². The first kappa shape index (κ1) is 11.5. The number of aryl methyl sites for hydroxylation is 1. The van der Waals surface area contributed by atoms with Gasteiger partial charge in [-0.15, -0.1) is 0 Å². The Balaban J connectivity index is 2.92. The summed E-state index contributed by atoms with van der Waals surface area (Å²) in [4.78, 5) is 0. The fourth-order valence-electron chi connectivity index (χ4n) is 1.13. The Hall–Kier alpha value is -0.610. The van der Waals surface area contributed by atoms with Crippen molar-refractivity contribution in [1.29, 1.82) is 0 Å². The smallest absolute Gasteiger partial charge is 0.139 e. The maximum Gasteiger partial charge on any atom is 0.139 e. The lowest BCUT2D eigenvalue weighted by Crippen LogP contribution is -2.25. The number of hydrogen-bond acceptors (Lipinski definition) is 2. The van der Waals surface area contributed by atoms with E-state index in [1.807, 2.05) is 13.8 Å². The van der Waals surface area contributed by atoms with Crippen LogP contribution in [0.4, 0.5) is 10.1 Å². The molecule has 2 nitrogen and oxygen atoms in total. The molecule has 1 aromatic carbocycles. The van der Waals surface area contributed by atoms with Crippen molar-refractivity contribution in [2.75, 3.05) is 11.9 Å². The standard InChI is InChI=1S/C10H14BrFN2/c1-6-3-8(11)9(12)4-10(6)14-7(2)5-13/h3-4,7,14H,5,13H2,1-2H3. The van der Waals surface area contributed by atoms with Crippen molar-refractivity contribution in [2.45, 2.75) is 19.9 Å². The SMILES string of the molecule is Cc1cc(Br)c(F)cc1NC(C)CN. The van der Waals surface area contributed by atoms with Crippen LogP contribution in [0, 0.1) is 12.7 Å². The summed E-state index contributed by atoms with van der Waals surface area (Å²) in [5.74, 6) is -0.262. The Bertz CT molecular complexity index is 328. The fraction of sp³-hybridized carbons (Fsp3) is 0.400. The summed E-state index contributed by atoms with van der Waals surface area (Å²) < 4.78 is 13.7. The van der Waals surface area contributed by atoms with Crippen LogP contribution in [0.15, 0.2) is 16.6 Å². The molecule has 1 unspecified atom stereocenters. The second-order valence-corrected chi connectivity index (χ2v) is 4.22. The highest BCUT2D eigenvalue weighted by Gasteiger charge is 2.06. The molecule has 0 radical (unpaired) electrons. The molecule has 0 amide bonds. The van der Waals surface area contributed by atoms with E-state index in [4.69, 9.17) is 5.73 Å². The quantitative estimate of drug-likeness (QED) is 0.877. The van der Waals surface area contributed by atoms with Crippen molar-refractivity contribution < 1.29 is 4.39 Å². The second kappa shape index (κ2) is 4.75. The largest absolute Gasteiger partial charge is 0.381 e. The molecule has 1 aromatic rings. The average Bonchev–Trinajstić information content (AvgIpc) is 2.14. The third kappa shape index (κ3) is 2.69. The van der Waals surface area contributed by atoms with Crippen LogP contribution in [0.25, 0.3) is 0 Å². The van der Waals surface area contributed by atoms with Gasteiger partial charge in [0.25, 0.3) is 0 Å². The predicted octanol–water partition coefficient (Wildman–Crippen LogP) is 2.66. The minimum absolute atomic E-state index is 0.147. The first-order valence-electron chi connectivity index (χ1n) is 4.47. The molecule has 4 heteroatoms. The molecule has 1 rings (SSSR count). The lowest BCUT2D eigenvalue weighted by molar-refractivity contribution is 0.620. The number of nitrogens with two attached hydrogens (primary N) is 1. The zero-order valence-corrected chi connectivity index (χ0v) is 9.86. The van der Waals surface area contributed by atoms with Crippen LogP contribution in [0.2, 0.25) is 0 Å². The molecular weight excluding hydrogens is 247 g/mol. The number of benzene rings is 1. The third-order valence-electron chi connectivity index (χ3n) is 2.02. The first-order chi connectivity index (χ1) is 6.54. The van der Waals surface area contributed by atoms with E-state index < -0.39 is 0 Å². The summed E-state index contributed by atoms with van der Waals surface area (Å²) in [7, 11) is 0. The molecule has 0 aromatic heterocycles. The summed E-state index contributed by atoms with van der Waals surface area (Å²) in [6.07, 6.45) is 0. The molecule has 3 N–H and O–H groups in total. The zero-order valence-electron chi connectivity index (χ0n) is 8.27. The Labute approximate surface area is 91.8 Å². The van der Waals surface area contributed by atoms with E-state index in [2.05, 4.69) is 21.2 Å². The number of halogens is 2. The molecular formula is C10H14BrFN2. The molecule has 0 fully saturated rings.